The van der Waals surface area contributed by atoms with Crippen LogP contribution in [0.25, 0.3) is 10.9 Å². The smallest absolute Gasteiger partial charge is 0.118 e. The zero-order valence-electron chi connectivity index (χ0n) is 16.4. The van der Waals surface area contributed by atoms with E-state index in [2.05, 4.69) is 58.4 Å². The van der Waals surface area contributed by atoms with E-state index < -0.39 is 0 Å². The zero-order valence-corrected chi connectivity index (χ0v) is 17.1. The SMILES string of the molecule is COc1ccc(C2c3[nH]c4ccccc4c3CCN2Cc2ccc(Cl)cc2)cc1. The molecule has 0 saturated heterocycles. The minimum atomic E-state index is 0.174. The third kappa shape index (κ3) is 3.41. The fraction of sp³-hybridized carbons (Fsp3) is 0.200. The van der Waals surface area contributed by atoms with Crippen molar-refractivity contribution < 1.29 is 4.74 Å². The molecule has 1 aliphatic heterocycles. The van der Waals surface area contributed by atoms with Crippen molar-refractivity contribution in [3.05, 3.63) is 100 Å². The van der Waals surface area contributed by atoms with E-state index in [0.29, 0.717) is 0 Å². The summed E-state index contributed by atoms with van der Waals surface area (Å²) >= 11 is 6.09. The highest BCUT2D eigenvalue weighted by molar-refractivity contribution is 6.30. The number of rotatable bonds is 4. The largest absolute Gasteiger partial charge is 0.497 e. The van der Waals surface area contributed by atoms with Gasteiger partial charge < -0.3 is 9.72 Å². The van der Waals surface area contributed by atoms with Gasteiger partial charge in [0.05, 0.1) is 13.2 Å². The Morgan fingerprint density at radius 1 is 1.00 bits per heavy atom. The van der Waals surface area contributed by atoms with E-state index in [9.17, 15) is 0 Å². The predicted octanol–water partition coefficient (Wildman–Crippen LogP) is 5.98. The fourth-order valence-corrected chi connectivity index (χ4v) is 4.58. The fourth-order valence-electron chi connectivity index (χ4n) is 4.45. The molecule has 0 saturated carbocycles. The van der Waals surface area contributed by atoms with Crippen molar-refractivity contribution in [2.45, 2.75) is 19.0 Å². The molecule has 2 heterocycles. The van der Waals surface area contributed by atoms with Crippen LogP contribution in [-0.4, -0.2) is 23.5 Å². The Hall–Kier alpha value is -2.75. The summed E-state index contributed by atoms with van der Waals surface area (Å²) in [5.74, 6) is 0.880. The van der Waals surface area contributed by atoms with Gasteiger partial charge in [-0.15, -0.1) is 0 Å². The molecule has 1 N–H and O–H groups in total. The second kappa shape index (κ2) is 7.58. The quantitative estimate of drug-likeness (QED) is 0.455. The summed E-state index contributed by atoms with van der Waals surface area (Å²) in [6.07, 6.45) is 1.04. The molecule has 1 unspecified atom stereocenters. The van der Waals surface area contributed by atoms with Crippen molar-refractivity contribution in [1.29, 1.82) is 0 Å². The van der Waals surface area contributed by atoms with Crippen LogP contribution in [0.2, 0.25) is 5.02 Å². The number of halogens is 1. The van der Waals surface area contributed by atoms with Gasteiger partial charge in [0.15, 0.2) is 0 Å². The van der Waals surface area contributed by atoms with Gasteiger partial charge in [-0.05, 0) is 53.4 Å². The first kappa shape index (κ1) is 18.3. The summed E-state index contributed by atoms with van der Waals surface area (Å²) in [5, 5.41) is 2.11. The van der Waals surface area contributed by atoms with E-state index in [1.165, 1.54) is 33.3 Å². The average Bonchev–Trinajstić information content (AvgIpc) is 3.14. The van der Waals surface area contributed by atoms with Crippen molar-refractivity contribution in [2.75, 3.05) is 13.7 Å². The first-order valence-corrected chi connectivity index (χ1v) is 10.3. The maximum absolute atomic E-state index is 6.09. The van der Waals surface area contributed by atoms with Crippen LogP contribution in [0.1, 0.15) is 28.4 Å². The van der Waals surface area contributed by atoms with Crippen molar-refractivity contribution >= 4 is 22.5 Å². The second-order valence-electron chi connectivity index (χ2n) is 7.59. The van der Waals surface area contributed by atoms with E-state index >= 15 is 0 Å². The van der Waals surface area contributed by atoms with E-state index in [-0.39, 0.29) is 6.04 Å². The number of aromatic amines is 1. The molecule has 0 spiro atoms. The number of aromatic nitrogens is 1. The summed E-state index contributed by atoms with van der Waals surface area (Å²) < 4.78 is 5.37. The van der Waals surface area contributed by atoms with E-state index in [1.54, 1.807) is 7.11 Å². The molecule has 0 amide bonds. The molecule has 1 atom stereocenters. The standard InChI is InChI=1S/C25H23ClN2O/c1-29-20-12-8-18(9-13-20)25-24-22(21-4-2-3-5-23(21)27-24)14-15-28(25)16-17-6-10-19(26)11-7-17/h2-13,25,27H,14-16H2,1H3. The van der Waals surface area contributed by atoms with Crippen LogP contribution in [0, 0.1) is 0 Å². The van der Waals surface area contributed by atoms with Crippen molar-refractivity contribution in [3.8, 4) is 5.75 Å². The van der Waals surface area contributed by atoms with Gasteiger partial charge in [0, 0.05) is 34.7 Å². The van der Waals surface area contributed by atoms with Gasteiger partial charge in [-0.2, -0.15) is 0 Å². The Bertz CT molecular complexity index is 1130. The molecule has 0 bridgehead atoms. The molecular formula is C25H23ClN2O. The maximum atomic E-state index is 6.09. The summed E-state index contributed by atoms with van der Waals surface area (Å²) in [6, 6.07) is 25.4. The lowest BCUT2D eigenvalue weighted by atomic mass is 9.92. The van der Waals surface area contributed by atoms with Crippen molar-refractivity contribution in [3.63, 3.8) is 0 Å². The molecule has 0 radical (unpaired) electrons. The van der Waals surface area contributed by atoms with Gasteiger partial charge in [-0.3, -0.25) is 4.90 Å². The molecule has 1 aromatic heterocycles. The highest BCUT2D eigenvalue weighted by Crippen LogP contribution is 2.39. The van der Waals surface area contributed by atoms with Crippen LogP contribution >= 0.6 is 11.6 Å². The van der Waals surface area contributed by atoms with Crippen molar-refractivity contribution in [1.82, 2.24) is 9.88 Å². The third-order valence-corrected chi connectivity index (χ3v) is 6.12. The number of ether oxygens (including phenoxy) is 1. The molecule has 29 heavy (non-hydrogen) atoms. The molecule has 5 rings (SSSR count). The van der Waals surface area contributed by atoms with Crippen LogP contribution in [-0.2, 0) is 13.0 Å². The van der Waals surface area contributed by atoms with E-state index in [1.807, 2.05) is 24.3 Å². The first-order chi connectivity index (χ1) is 14.2. The highest BCUT2D eigenvalue weighted by Gasteiger charge is 2.31. The lowest BCUT2D eigenvalue weighted by molar-refractivity contribution is 0.202. The van der Waals surface area contributed by atoms with Gasteiger partial charge in [0.1, 0.15) is 5.75 Å². The summed E-state index contributed by atoms with van der Waals surface area (Å²) in [4.78, 5) is 6.27. The third-order valence-electron chi connectivity index (χ3n) is 5.86. The molecule has 4 heteroatoms. The minimum Gasteiger partial charge on any atom is -0.497 e. The molecule has 0 fully saturated rings. The number of para-hydroxylation sites is 1. The summed E-state index contributed by atoms with van der Waals surface area (Å²) in [7, 11) is 1.71. The Kier molecular flexibility index (Phi) is 4.78. The molecule has 0 aliphatic carbocycles. The Balaban J connectivity index is 1.59. The molecular weight excluding hydrogens is 380 g/mol. The Morgan fingerprint density at radius 2 is 1.76 bits per heavy atom. The number of fused-ring (bicyclic) bond motifs is 3. The van der Waals surface area contributed by atoms with E-state index in [0.717, 1.165) is 30.3 Å². The summed E-state index contributed by atoms with van der Waals surface area (Å²) in [6.45, 7) is 1.89. The van der Waals surface area contributed by atoms with Gasteiger partial charge in [0.2, 0.25) is 0 Å². The normalized spacial score (nSPS) is 16.7. The predicted molar refractivity (Wildman–Crippen MR) is 119 cm³/mol. The molecule has 3 nitrogen and oxygen atoms in total. The average molecular weight is 403 g/mol. The van der Waals surface area contributed by atoms with Crippen molar-refractivity contribution in [2.24, 2.45) is 0 Å². The minimum absolute atomic E-state index is 0.174. The Labute approximate surface area is 175 Å². The second-order valence-corrected chi connectivity index (χ2v) is 8.02. The highest BCUT2D eigenvalue weighted by atomic mass is 35.5. The molecule has 3 aromatic carbocycles. The number of H-pyrrole nitrogens is 1. The number of nitrogens with zero attached hydrogens (tertiary/aromatic N) is 1. The first-order valence-electron chi connectivity index (χ1n) is 9.95. The number of nitrogens with one attached hydrogen (secondary N) is 1. The van der Waals surface area contributed by atoms with Crippen LogP contribution in [0.15, 0.2) is 72.8 Å². The molecule has 1 aliphatic rings. The number of hydrogen-bond donors (Lipinski definition) is 1. The zero-order chi connectivity index (χ0) is 19.8. The molecule has 146 valence electrons. The van der Waals surface area contributed by atoms with Gasteiger partial charge in [0.25, 0.3) is 0 Å². The number of methoxy groups -OCH3 is 1. The van der Waals surface area contributed by atoms with Crippen LogP contribution in [0.5, 0.6) is 5.75 Å². The van der Waals surface area contributed by atoms with Gasteiger partial charge >= 0.3 is 0 Å². The number of hydrogen-bond acceptors (Lipinski definition) is 2. The maximum Gasteiger partial charge on any atom is 0.118 e. The monoisotopic (exact) mass is 402 g/mol. The Morgan fingerprint density at radius 3 is 2.52 bits per heavy atom. The van der Waals surface area contributed by atoms with Crippen LogP contribution in [0.4, 0.5) is 0 Å². The summed E-state index contributed by atoms with van der Waals surface area (Å²) in [5.41, 5.74) is 6.49. The lowest BCUT2D eigenvalue weighted by Crippen LogP contribution is -2.35. The van der Waals surface area contributed by atoms with E-state index in [4.69, 9.17) is 16.3 Å². The topological polar surface area (TPSA) is 28.3 Å². The van der Waals surface area contributed by atoms with Gasteiger partial charge in [-0.25, -0.2) is 0 Å². The van der Waals surface area contributed by atoms with Crippen LogP contribution in [0.3, 0.4) is 0 Å². The number of benzene rings is 3. The lowest BCUT2D eigenvalue weighted by Gasteiger charge is -2.36. The molecule has 4 aromatic rings. The van der Waals surface area contributed by atoms with Crippen LogP contribution < -0.4 is 4.74 Å². The van der Waals surface area contributed by atoms with Gasteiger partial charge in [-0.1, -0.05) is 54.1 Å².